The van der Waals surface area contributed by atoms with E-state index in [2.05, 4.69) is 30.8 Å². The fourth-order valence-corrected chi connectivity index (χ4v) is 4.28. The maximum atomic E-state index is 14.2. The summed E-state index contributed by atoms with van der Waals surface area (Å²) < 4.78 is 19.5. The Morgan fingerprint density at radius 2 is 1.95 bits per heavy atom. The molecule has 0 bridgehead atoms. The number of nitrogens with one attached hydrogen (secondary N) is 2. The molecule has 9 nitrogen and oxygen atoms in total. The lowest BCUT2D eigenvalue weighted by atomic mass is 10.00. The number of hydrogen-bond acceptors (Lipinski definition) is 9. The van der Waals surface area contributed by atoms with Gasteiger partial charge in [-0.3, -0.25) is 4.98 Å². The quantitative estimate of drug-likeness (QED) is 0.215. The molecule has 3 N–H and O–H groups in total. The van der Waals surface area contributed by atoms with Crippen molar-refractivity contribution in [3.05, 3.63) is 83.0 Å². The SMILES string of the molecule is Cc1cc(Nc2cnc(/C=N/Nc3ncc(F)c(N4CCOCC4)n3)cc2Cl)ccc1-c1cccc(O)c1. The van der Waals surface area contributed by atoms with Gasteiger partial charge < -0.3 is 20.1 Å². The third-order valence-electron chi connectivity index (χ3n) is 5.93. The molecule has 0 atom stereocenters. The lowest BCUT2D eigenvalue weighted by molar-refractivity contribution is 0.122. The van der Waals surface area contributed by atoms with Gasteiger partial charge in [-0.25, -0.2) is 14.8 Å². The molecular formula is C27H25ClFN7O2. The molecule has 0 amide bonds. The van der Waals surface area contributed by atoms with Crippen molar-refractivity contribution in [1.29, 1.82) is 0 Å². The fraction of sp³-hybridized carbons (Fsp3) is 0.185. The second-order valence-corrected chi connectivity index (χ2v) is 9.04. The highest BCUT2D eigenvalue weighted by atomic mass is 35.5. The number of aromatic nitrogens is 3. The van der Waals surface area contributed by atoms with E-state index in [4.69, 9.17) is 16.3 Å². The van der Waals surface area contributed by atoms with Gasteiger partial charge in [-0.05, 0) is 53.9 Å². The number of halogens is 2. The van der Waals surface area contributed by atoms with Gasteiger partial charge in [0.05, 0.1) is 48.2 Å². The van der Waals surface area contributed by atoms with Gasteiger partial charge in [0.1, 0.15) is 5.75 Å². The van der Waals surface area contributed by atoms with E-state index in [1.54, 1.807) is 24.4 Å². The predicted molar refractivity (Wildman–Crippen MR) is 147 cm³/mol. The standard InChI is InChI=1S/C27H25ClFN7O2/c1-17-11-19(5-6-22(17)18-3-2-4-21(37)12-18)33-25-16-30-20(13-23(25)28)14-32-35-27-31-15-24(29)26(34-27)36-7-9-38-10-8-36/h2-6,11-16,33,37H,7-10H2,1H3,(H,31,34,35)/b32-14+. The van der Waals surface area contributed by atoms with Crippen LogP contribution in [0.3, 0.4) is 0 Å². The molecular weight excluding hydrogens is 509 g/mol. The van der Waals surface area contributed by atoms with E-state index < -0.39 is 5.82 Å². The van der Waals surface area contributed by atoms with Crippen LogP contribution in [-0.4, -0.2) is 52.6 Å². The van der Waals surface area contributed by atoms with Crippen molar-refractivity contribution in [3.8, 4) is 16.9 Å². The smallest absolute Gasteiger partial charge is 0.245 e. The van der Waals surface area contributed by atoms with Crippen LogP contribution in [0.5, 0.6) is 5.75 Å². The number of benzene rings is 2. The molecule has 2 aromatic heterocycles. The number of ether oxygens (including phenoxy) is 1. The second kappa shape index (κ2) is 11.4. The number of nitrogens with zero attached hydrogens (tertiary/aromatic N) is 5. The highest BCUT2D eigenvalue weighted by Gasteiger charge is 2.17. The summed E-state index contributed by atoms with van der Waals surface area (Å²) in [7, 11) is 0. The lowest BCUT2D eigenvalue weighted by Gasteiger charge is -2.27. The summed E-state index contributed by atoms with van der Waals surface area (Å²) >= 11 is 6.49. The van der Waals surface area contributed by atoms with Crippen molar-refractivity contribution in [3.63, 3.8) is 0 Å². The highest BCUT2D eigenvalue weighted by molar-refractivity contribution is 6.33. The Bertz CT molecular complexity index is 1480. The van der Waals surface area contributed by atoms with Crippen molar-refractivity contribution < 1.29 is 14.2 Å². The summed E-state index contributed by atoms with van der Waals surface area (Å²) in [5.74, 6) is 0.103. The van der Waals surface area contributed by atoms with Gasteiger partial charge in [0.15, 0.2) is 11.6 Å². The molecule has 1 saturated heterocycles. The topological polar surface area (TPSA) is 108 Å². The van der Waals surface area contributed by atoms with Crippen molar-refractivity contribution in [1.82, 2.24) is 15.0 Å². The van der Waals surface area contributed by atoms with E-state index in [0.717, 1.165) is 28.6 Å². The second-order valence-electron chi connectivity index (χ2n) is 8.63. The normalized spacial score (nSPS) is 13.6. The number of rotatable bonds is 7. The third-order valence-corrected chi connectivity index (χ3v) is 6.25. The number of morpholine rings is 1. The molecule has 0 saturated carbocycles. The molecule has 2 aromatic carbocycles. The third kappa shape index (κ3) is 5.99. The monoisotopic (exact) mass is 533 g/mol. The molecule has 0 radical (unpaired) electrons. The van der Waals surface area contributed by atoms with Crippen LogP contribution in [0.2, 0.25) is 5.02 Å². The Balaban J connectivity index is 1.24. The minimum atomic E-state index is -0.498. The van der Waals surface area contributed by atoms with Crippen LogP contribution >= 0.6 is 11.6 Å². The predicted octanol–water partition coefficient (Wildman–Crippen LogP) is 5.37. The van der Waals surface area contributed by atoms with Crippen LogP contribution in [0.1, 0.15) is 11.3 Å². The van der Waals surface area contributed by atoms with Crippen LogP contribution in [0.15, 0.2) is 66.0 Å². The van der Waals surface area contributed by atoms with Crippen molar-refractivity contribution in [2.75, 3.05) is 41.9 Å². The van der Waals surface area contributed by atoms with E-state index in [1.165, 1.54) is 6.21 Å². The molecule has 3 heterocycles. The van der Waals surface area contributed by atoms with Crippen molar-refractivity contribution >= 4 is 41.0 Å². The minimum Gasteiger partial charge on any atom is -0.508 e. The van der Waals surface area contributed by atoms with Gasteiger partial charge in [0, 0.05) is 18.8 Å². The van der Waals surface area contributed by atoms with Crippen LogP contribution in [0.25, 0.3) is 11.1 Å². The van der Waals surface area contributed by atoms with Crippen LogP contribution < -0.4 is 15.6 Å². The first-order valence-electron chi connectivity index (χ1n) is 11.9. The summed E-state index contributed by atoms with van der Waals surface area (Å²) in [6.07, 6.45) is 4.21. The van der Waals surface area contributed by atoms with Gasteiger partial charge in [0.2, 0.25) is 5.95 Å². The Labute approximate surface area is 224 Å². The van der Waals surface area contributed by atoms with Crippen LogP contribution in [0.4, 0.5) is 27.5 Å². The first kappa shape index (κ1) is 25.4. The number of anilines is 4. The zero-order chi connectivity index (χ0) is 26.5. The molecule has 1 fully saturated rings. The number of hydrazone groups is 1. The van der Waals surface area contributed by atoms with E-state index in [-0.39, 0.29) is 17.5 Å². The molecule has 4 aromatic rings. The van der Waals surface area contributed by atoms with E-state index in [9.17, 15) is 9.50 Å². The van der Waals surface area contributed by atoms with E-state index in [1.807, 2.05) is 42.2 Å². The van der Waals surface area contributed by atoms with Gasteiger partial charge in [-0.15, -0.1) is 0 Å². The lowest BCUT2D eigenvalue weighted by Crippen LogP contribution is -2.37. The summed E-state index contributed by atoms with van der Waals surface area (Å²) in [6, 6.07) is 14.8. The fourth-order valence-electron chi connectivity index (χ4n) is 4.07. The molecule has 38 heavy (non-hydrogen) atoms. The average Bonchev–Trinajstić information content (AvgIpc) is 2.92. The number of aromatic hydroxyl groups is 1. The number of hydrogen-bond donors (Lipinski definition) is 3. The number of aryl methyl sites for hydroxylation is 1. The van der Waals surface area contributed by atoms with Crippen LogP contribution in [-0.2, 0) is 4.74 Å². The molecule has 194 valence electrons. The molecule has 5 rings (SSSR count). The summed E-state index contributed by atoms with van der Waals surface area (Å²) in [4.78, 5) is 14.4. The summed E-state index contributed by atoms with van der Waals surface area (Å²) in [5, 5.41) is 17.6. The van der Waals surface area contributed by atoms with Gasteiger partial charge in [0.25, 0.3) is 0 Å². The van der Waals surface area contributed by atoms with Gasteiger partial charge in [-0.1, -0.05) is 29.8 Å². The number of phenols is 1. The maximum absolute atomic E-state index is 14.2. The van der Waals surface area contributed by atoms with E-state index in [0.29, 0.717) is 42.7 Å². The largest absolute Gasteiger partial charge is 0.508 e. The van der Waals surface area contributed by atoms with Crippen molar-refractivity contribution in [2.45, 2.75) is 6.92 Å². The summed E-state index contributed by atoms with van der Waals surface area (Å²) in [6.45, 7) is 4.16. The zero-order valence-electron chi connectivity index (χ0n) is 20.5. The molecule has 11 heteroatoms. The molecule has 0 unspecified atom stereocenters. The van der Waals surface area contributed by atoms with Crippen LogP contribution in [0, 0.1) is 12.7 Å². The number of pyridine rings is 1. The van der Waals surface area contributed by atoms with E-state index >= 15 is 0 Å². The molecule has 0 spiro atoms. The highest BCUT2D eigenvalue weighted by Crippen LogP contribution is 2.31. The van der Waals surface area contributed by atoms with Crippen molar-refractivity contribution in [2.24, 2.45) is 5.10 Å². The molecule has 0 aliphatic carbocycles. The zero-order valence-corrected chi connectivity index (χ0v) is 21.3. The molecule has 1 aliphatic heterocycles. The Morgan fingerprint density at radius 1 is 1.11 bits per heavy atom. The maximum Gasteiger partial charge on any atom is 0.245 e. The Morgan fingerprint density at radius 3 is 2.71 bits per heavy atom. The number of phenolic OH excluding ortho intramolecular Hbond substituents is 1. The summed E-state index contributed by atoms with van der Waals surface area (Å²) in [5.41, 5.74) is 7.72. The minimum absolute atomic E-state index is 0.165. The Kier molecular flexibility index (Phi) is 7.62. The van der Waals surface area contributed by atoms with Gasteiger partial charge >= 0.3 is 0 Å². The van der Waals surface area contributed by atoms with Gasteiger partial charge in [-0.2, -0.15) is 10.1 Å². The first-order valence-corrected chi connectivity index (χ1v) is 12.3. The molecule has 1 aliphatic rings. The first-order chi connectivity index (χ1) is 18.5. The Hall–Kier alpha value is -4.28. The average molecular weight is 534 g/mol.